The van der Waals surface area contributed by atoms with Gasteiger partial charge in [0, 0.05) is 23.8 Å². The fourth-order valence-electron chi connectivity index (χ4n) is 2.43. The molecule has 0 aliphatic rings. The average Bonchev–Trinajstić information content (AvgIpc) is 3.40. The molecule has 27 heavy (non-hydrogen) atoms. The van der Waals surface area contributed by atoms with Crippen LogP contribution in [0.2, 0.25) is 0 Å². The van der Waals surface area contributed by atoms with Crippen LogP contribution in [-0.2, 0) is 5.75 Å². The summed E-state index contributed by atoms with van der Waals surface area (Å²) in [5.74, 6) is 1.67. The van der Waals surface area contributed by atoms with Gasteiger partial charge in [0.2, 0.25) is 5.13 Å². The molecule has 2 aromatic heterocycles. The van der Waals surface area contributed by atoms with Crippen molar-refractivity contribution < 1.29 is 4.74 Å². The number of nitrogens with zero attached hydrogens (tertiary/aromatic N) is 4. The lowest BCUT2D eigenvalue weighted by Gasteiger charge is -2.03. The molecule has 0 spiro atoms. The highest BCUT2D eigenvalue weighted by Gasteiger charge is 2.06. The molecule has 0 saturated heterocycles. The predicted molar refractivity (Wildman–Crippen MR) is 109 cm³/mol. The molecule has 0 unspecified atom stereocenters. The summed E-state index contributed by atoms with van der Waals surface area (Å²) in [5, 5.41) is 16.7. The number of anilines is 2. The maximum atomic E-state index is 5.16. The SMILES string of the molecule is COc1ccc(Nc2nnc(SCc3ccc(-n4cccn4)cc3)s2)cc1. The molecular weight excluding hydrogens is 378 g/mol. The van der Waals surface area contributed by atoms with Crippen LogP contribution in [0.3, 0.4) is 0 Å². The summed E-state index contributed by atoms with van der Waals surface area (Å²) < 4.78 is 7.94. The number of methoxy groups -OCH3 is 1. The summed E-state index contributed by atoms with van der Waals surface area (Å²) in [6.07, 6.45) is 3.71. The van der Waals surface area contributed by atoms with Gasteiger partial charge in [-0.25, -0.2) is 4.68 Å². The molecule has 0 radical (unpaired) electrons. The molecule has 0 fully saturated rings. The highest BCUT2D eigenvalue weighted by atomic mass is 32.2. The third-order valence-corrected chi connectivity index (χ3v) is 5.86. The number of nitrogens with one attached hydrogen (secondary N) is 1. The van der Waals surface area contributed by atoms with E-state index in [1.54, 1.807) is 36.4 Å². The number of benzene rings is 2. The lowest BCUT2D eigenvalue weighted by Crippen LogP contribution is -1.93. The molecule has 136 valence electrons. The predicted octanol–water partition coefficient (Wildman–Crippen LogP) is 4.77. The second-order valence-corrected chi connectivity index (χ2v) is 7.83. The third-order valence-electron chi connectivity index (χ3n) is 3.82. The van der Waals surface area contributed by atoms with E-state index in [1.807, 2.05) is 41.2 Å². The Kier molecular flexibility index (Phi) is 5.36. The fraction of sp³-hybridized carbons (Fsp3) is 0.105. The number of aromatic nitrogens is 4. The number of rotatable bonds is 7. The molecular formula is C19H17N5OS2. The molecule has 2 heterocycles. The summed E-state index contributed by atoms with van der Waals surface area (Å²) >= 11 is 3.22. The van der Waals surface area contributed by atoms with Crippen molar-refractivity contribution in [3.8, 4) is 11.4 Å². The van der Waals surface area contributed by atoms with Crippen molar-refractivity contribution in [3.05, 3.63) is 72.6 Å². The Bertz CT molecular complexity index is 982. The standard InChI is InChI=1S/C19H17N5OS2/c1-25-17-9-5-15(6-10-17)21-18-22-23-19(27-18)26-13-14-3-7-16(8-4-14)24-12-2-11-20-24/h2-12H,13H2,1H3,(H,21,22). The van der Waals surface area contributed by atoms with Gasteiger partial charge in [0.1, 0.15) is 5.75 Å². The summed E-state index contributed by atoms with van der Waals surface area (Å²) in [7, 11) is 1.65. The van der Waals surface area contributed by atoms with E-state index in [1.165, 1.54) is 5.56 Å². The number of thioether (sulfide) groups is 1. The Morgan fingerprint density at radius 3 is 2.59 bits per heavy atom. The van der Waals surface area contributed by atoms with Crippen LogP contribution in [0.1, 0.15) is 5.56 Å². The largest absolute Gasteiger partial charge is 0.497 e. The van der Waals surface area contributed by atoms with Gasteiger partial charge in [-0.2, -0.15) is 5.10 Å². The lowest BCUT2D eigenvalue weighted by molar-refractivity contribution is 0.415. The van der Waals surface area contributed by atoms with E-state index in [0.29, 0.717) is 0 Å². The Morgan fingerprint density at radius 1 is 1.07 bits per heavy atom. The highest BCUT2D eigenvalue weighted by Crippen LogP contribution is 2.30. The number of hydrogen-bond acceptors (Lipinski definition) is 7. The first-order chi connectivity index (χ1) is 13.3. The van der Waals surface area contributed by atoms with Crippen LogP contribution in [-0.4, -0.2) is 27.1 Å². The van der Waals surface area contributed by atoms with Gasteiger partial charge in [-0.15, -0.1) is 10.2 Å². The zero-order valence-corrected chi connectivity index (χ0v) is 16.2. The molecule has 2 aromatic carbocycles. The third kappa shape index (κ3) is 4.47. The fourth-order valence-corrected chi connectivity index (χ4v) is 4.16. The molecule has 0 aliphatic heterocycles. The molecule has 6 nitrogen and oxygen atoms in total. The molecule has 0 bridgehead atoms. The summed E-state index contributed by atoms with van der Waals surface area (Å²) in [5.41, 5.74) is 3.24. The van der Waals surface area contributed by atoms with Crippen molar-refractivity contribution in [1.29, 1.82) is 0 Å². The Morgan fingerprint density at radius 2 is 1.89 bits per heavy atom. The van der Waals surface area contributed by atoms with Crippen LogP contribution in [0, 0.1) is 0 Å². The second kappa shape index (κ2) is 8.24. The molecule has 0 aliphatic carbocycles. The van der Waals surface area contributed by atoms with Crippen LogP contribution in [0.25, 0.3) is 5.69 Å². The van der Waals surface area contributed by atoms with Gasteiger partial charge in [0.15, 0.2) is 4.34 Å². The topological polar surface area (TPSA) is 64.9 Å². The summed E-state index contributed by atoms with van der Waals surface area (Å²) in [6.45, 7) is 0. The van der Waals surface area contributed by atoms with Crippen molar-refractivity contribution in [2.45, 2.75) is 10.1 Å². The first kappa shape index (κ1) is 17.6. The Labute approximate surface area is 165 Å². The highest BCUT2D eigenvalue weighted by molar-refractivity contribution is 8.00. The molecule has 0 atom stereocenters. The van der Waals surface area contributed by atoms with Crippen molar-refractivity contribution in [1.82, 2.24) is 20.0 Å². The summed E-state index contributed by atoms with van der Waals surface area (Å²) in [6, 6.07) is 18.0. The van der Waals surface area contributed by atoms with Crippen molar-refractivity contribution in [2.24, 2.45) is 0 Å². The zero-order valence-electron chi connectivity index (χ0n) is 14.6. The van der Waals surface area contributed by atoms with E-state index in [9.17, 15) is 0 Å². The van der Waals surface area contributed by atoms with Gasteiger partial charge in [-0.3, -0.25) is 0 Å². The minimum atomic E-state index is 0.775. The quantitative estimate of drug-likeness (QED) is 0.455. The van der Waals surface area contributed by atoms with Gasteiger partial charge in [0.05, 0.1) is 12.8 Å². The van der Waals surface area contributed by atoms with Gasteiger partial charge in [0.25, 0.3) is 0 Å². The van der Waals surface area contributed by atoms with Crippen molar-refractivity contribution >= 4 is 33.9 Å². The number of hydrogen-bond donors (Lipinski definition) is 1. The van der Waals surface area contributed by atoms with E-state index in [-0.39, 0.29) is 0 Å². The van der Waals surface area contributed by atoms with Gasteiger partial charge in [-0.05, 0) is 48.0 Å². The first-order valence-electron chi connectivity index (χ1n) is 8.26. The van der Waals surface area contributed by atoms with Crippen molar-refractivity contribution in [2.75, 3.05) is 12.4 Å². The van der Waals surface area contributed by atoms with Crippen LogP contribution >= 0.6 is 23.1 Å². The van der Waals surface area contributed by atoms with Crippen LogP contribution < -0.4 is 10.1 Å². The Hall–Kier alpha value is -2.84. The molecule has 1 N–H and O–H groups in total. The summed E-state index contributed by atoms with van der Waals surface area (Å²) in [4.78, 5) is 0. The zero-order chi connectivity index (χ0) is 18.5. The minimum absolute atomic E-state index is 0.775. The van der Waals surface area contributed by atoms with E-state index in [4.69, 9.17) is 4.74 Å². The lowest BCUT2D eigenvalue weighted by atomic mass is 10.2. The number of ether oxygens (including phenoxy) is 1. The van der Waals surface area contributed by atoms with Crippen LogP contribution in [0.5, 0.6) is 5.75 Å². The van der Waals surface area contributed by atoms with Gasteiger partial charge in [-0.1, -0.05) is 35.2 Å². The second-order valence-electron chi connectivity index (χ2n) is 5.63. The average molecular weight is 396 g/mol. The van der Waals surface area contributed by atoms with Gasteiger partial charge >= 0.3 is 0 Å². The molecule has 0 saturated carbocycles. The van der Waals surface area contributed by atoms with E-state index >= 15 is 0 Å². The van der Waals surface area contributed by atoms with E-state index in [0.717, 1.165) is 32.3 Å². The van der Waals surface area contributed by atoms with Crippen molar-refractivity contribution in [3.63, 3.8) is 0 Å². The van der Waals surface area contributed by atoms with E-state index < -0.39 is 0 Å². The molecule has 4 aromatic rings. The Balaban J connectivity index is 1.33. The maximum absolute atomic E-state index is 5.16. The smallest absolute Gasteiger partial charge is 0.210 e. The normalized spacial score (nSPS) is 10.7. The molecule has 8 heteroatoms. The van der Waals surface area contributed by atoms with Crippen LogP contribution in [0.4, 0.5) is 10.8 Å². The first-order valence-corrected chi connectivity index (χ1v) is 10.1. The molecule has 0 amide bonds. The van der Waals surface area contributed by atoms with E-state index in [2.05, 4.69) is 44.9 Å². The van der Waals surface area contributed by atoms with Gasteiger partial charge < -0.3 is 10.1 Å². The minimum Gasteiger partial charge on any atom is -0.497 e. The monoisotopic (exact) mass is 395 g/mol. The maximum Gasteiger partial charge on any atom is 0.210 e. The molecule has 4 rings (SSSR count). The van der Waals surface area contributed by atoms with Crippen LogP contribution in [0.15, 0.2) is 71.3 Å².